The van der Waals surface area contributed by atoms with Crippen LogP contribution in [0.15, 0.2) is 0 Å². The predicted octanol–water partition coefficient (Wildman–Crippen LogP) is 2.59. The van der Waals surface area contributed by atoms with Crippen molar-refractivity contribution in [2.24, 2.45) is 5.92 Å². The molecule has 2 amide bonds. The molecule has 5 nitrogen and oxygen atoms in total. The van der Waals surface area contributed by atoms with Gasteiger partial charge in [0.05, 0.1) is 13.2 Å². The molecule has 2 aliphatic heterocycles. The lowest BCUT2D eigenvalue weighted by Gasteiger charge is -2.39. The number of ether oxygens (including phenoxy) is 1. The molecule has 1 aliphatic carbocycles. The molecule has 24 heavy (non-hydrogen) atoms. The molecule has 0 aromatic rings. The highest BCUT2D eigenvalue weighted by Crippen LogP contribution is 2.28. The zero-order valence-corrected chi connectivity index (χ0v) is 14.9. The summed E-state index contributed by atoms with van der Waals surface area (Å²) in [5, 5.41) is 0. The predicted molar refractivity (Wildman–Crippen MR) is 92.6 cm³/mol. The van der Waals surface area contributed by atoms with Crippen molar-refractivity contribution in [1.29, 1.82) is 0 Å². The molecule has 1 saturated carbocycles. The smallest absolute Gasteiger partial charge is 0.245 e. The fraction of sp³-hybridized carbons (Fsp3) is 0.895. The van der Waals surface area contributed by atoms with Gasteiger partial charge in [0.15, 0.2) is 0 Å². The van der Waals surface area contributed by atoms with Crippen molar-refractivity contribution >= 4 is 11.8 Å². The lowest BCUT2D eigenvalue weighted by Crippen LogP contribution is -2.55. The Morgan fingerprint density at radius 1 is 0.875 bits per heavy atom. The van der Waals surface area contributed by atoms with Crippen LogP contribution in [0.1, 0.15) is 64.2 Å². The third-order valence-electron chi connectivity index (χ3n) is 5.92. The van der Waals surface area contributed by atoms with Crippen molar-refractivity contribution in [3.8, 4) is 0 Å². The highest BCUT2D eigenvalue weighted by Gasteiger charge is 2.35. The van der Waals surface area contributed by atoms with Crippen LogP contribution in [0.3, 0.4) is 0 Å². The Labute approximate surface area is 145 Å². The van der Waals surface area contributed by atoms with E-state index < -0.39 is 0 Å². The monoisotopic (exact) mass is 336 g/mol. The van der Waals surface area contributed by atoms with Crippen molar-refractivity contribution in [2.75, 3.05) is 32.8 Å². The van der Waals surface area contributed by atoms with Crippen LogP contribution in [0.2, 0.25) is 0 Å². The standard InChI is InChI=1S/C19H32N2O3/c22-18(10-9-16-6-2-1-3-7-16)21-11-5-4-8-17(21)19(23)20-12-14-24-15-13-20/h16-17H,1-15H2. The fourth-order valence-corrected chi connectivity index (χ4v) is 4.43. The Kier molecular flexibility index (Phi) is 6.52. The number of hydrogen-bond acceptors (Lipinski definition) is 3. The SMILES string of the molecule is O=C(C1CCCCN1C(=O)CCC1CCCCC1)N1CCOCC1. The molecule has 3 aliphatic rings. The minimum Gasteiger partial charge on any atom is -0.378 e. The molecule has 0 aromatic carbocycles. The van der Waals surface area contributed by atoms with E-state index in [0.717, 1.165) is 38.1 Å². The molecule has 0 bridgehead atoms. The van der Waals surface area contributed by atoms with E-state index in [0.29, 0.717) is 32.7 Å². The normalized spacial score (nSPS) is 26.4. The lowest BCUT2D eigenvalue weighted by atomic mass is 9.86. The van der Waals surface area contributed by atoms with Crippen molar-refractivity contribution in [2.45, 2.75) is 70.3 Å². The molecular weight excluding hydrogens is 304 g/mol. The van der Waals surface area contributed by atoms with E-state index in [9.17, 15) is 9.59 Å². The third-order valence-corrected chi connectivity index (χ3v) is 5.92. The summed E-state index contributed by atoms with van der Waals surface area (Å²) in [5.41, 5.74) is 0. The van der Waals surface area contributed by atoms with Gasteiger partial charge in [-0.15, -0.1) is 0 Å². The molecule has 0 aromatic heterocycles. The van der Waals surface area contributed by atoms with Crippen molar-refractivity contribution in [1.82, 2.24) is 9.80 Å². The first-order chi connectivity index (χ1) is 11.8. The first kappa shape index (κ1) is 17.7. The van der Waals surface area contributed by atoms with Gasteiger partial charge in [-0.2, -0.15) is 0 Å². The molecule has 5 heteroatoms. The van der Waals surface area contributed by atoms with Gasteiger partial charge in [0.2, 0.25) is 11.8 Å². The Morgan fingerprint density at radius 3 is 2.33 bits per heavy atom. The van der Waals surface area contributed by atoms with Crippen LogP contribution < -0.4 is 0 Å². The zero-order chi connectivity index (χ0) is 16.8. The number of amides is 2. The molecule has 2 heterocycles. The molecule has 0 spiro atoms. The minimum absolute atomic E-state index is 0.143. The van der Waals surface area contributed by atoms with E-state index in [1.54, 1.807) is 0 Å². The molecule has 3 fully saturated rings. The molecule has 1 unspecified atom stereocenters. The minimum atomic E-state index is -0.226. The molecular formula is C19H32N2O3. The number of morpholine rings is 1. The van der Waals surface area contributed by atoms with Crippen molar-refractivity contribution < 1.29 is 14.3 Å². The molecule has 0 radical (unpaired) electrons. The van der Waals surface area contributed by atoms with Crippen LogP contribution in [0.5, 0.6) is 0 Å². The van der Waals surface area contributed by atoms with Crippen LogP contribution in [0, 0.1) is 5.92 Å². The van der Waals surface area contributed by atoms with Crippen LogP contribution in [0.25, 0.3) is 0 Å². The van der Waals surface area contributed by atoms with E-state index >= 15 is 0 Å². The number of piperidine rings is 1. The number of rotatable bonds is 4. The molecule has 1 atom stereocenters. The lowest BCUT2D eigenvalue weighted by molar-refractivity contribution is -0.150. The third kappa shape index (κ3) is 4.50. The summed E-state index contributed by atoms with van der Waals surface area (Å²) >= 11 is 0. The fourth-order valence-electron chi connectivity index (χ4n) is 4.43. The zero-order valence-electron chi connectivity index (χ0n) is 14.9. The molecule has 0 N–H and O–H groups in total. The van der Waals surface area contributed by atoms with E-state index in [2.05, 4.69) is 0 Å². The Balaban J connectivity index is 1.54. The highest BCUT2D eigenvalue weighted by molar-refractivity contribution is 5.88. The maximum atomic E-state index is 12.9. The topological polar surface area (TPSA) is 49.9 Å². The average molecular weight is 336 g/mol. The van der Waals surface area contributed by atoms with Crippen LogP contribution >= 0.6 is 0 Å². The number of carbonyl (C=O) groups excluding carboxylic acids is 2. The largest absolute Gasteiger partial charge is 0.378 e. The van der Waals surface area contributed by atoms with E-state index in [4.69, 9.17) is 4.74 Å². The van der Waals surface area contributed by atoms with Gasteiger partial charge in [0.25, 0.3) is 0 Å². The molecule has 3 rings (SSSR count). The van der Waals surface area contributed by atoms with Gasteiger partial charge in [0, 0.05) is 26.1 Å². The van der Waals surface area contributed by atoms with Gasteiger partial charge in [0.1, 0.15) is 6.04 Å². The van der Waals surface area contributed by atoms with Crippen LogP contribution in [-0.4, -0.2) is 60.5 Å². The van der Waals surface area contributed by atoms with E-state index in [1.807, 2.05) is 9.80 Å². The highest BCUT2D eigenvalue weighted by atomic mass is 16.5. The van der Waals surface area contributed by atoms with Crippen molar-refractivity contribution in [3.63, 3.8) is 0 Å². The van der Waals surface area contributed by atoms with Crippen LogP contribution in [-0.2, 0) is 14.3 Å². The summed E-state index contributed by atoms with van der Waals surface area (Å²) < 4.78 is 5.34. The Morgan fingerprint density at radius 2 is 1.58 bits per heavy atom. The molecule has 2 saturated heterocycles. The first-order valence-electron chi connectivity index (χ1n) is 9.91. The maximum Gasteiger partial charge on any atom is 0.245 e. The second-order valence-electron chi connectivity index (χ2n) is 7.58. The second kappa shape index (κ2) is 8.84. The first-order valence-corrected chi connectivity index (χ1v) is 9.91. The van der Waals surface area contributed by atoms with Crippen molar-refractivity contribution in [3.05, 3.63) is 0 Å². The summed E-state index contributed by atoms with van der Waals surface area (Å²) in [5.74, 6) is 1.07. The summed E-state index contributed by atoms with van der Waals surface area (Å²) in [4.78, 5) is 29.4. The number of nitrogens with zero attached hydrogens (tertiary/aromatic N) is 2. The van der Waals surface area contributed by atoms with Gasteiger partial charge < -0.3 is 14.5 Å². The number of likely N-dealkylation sites (tertiary alicyclic amines) is 1. The van der Waals surface area contributed by atoms with Gasteiger partial charge in [-0.05, 0) is 31.6 Å². The number of hydrogen-bond donors (Lipinski definition) is 0. The summed E-state index contributed by atoms with van der Waals surface area (Å²) in [6.45, 7) is 3.32. The average Bonchev–Trinajstić information content (AvgIpc) is 2.67. The Bertz CT molecular complexity index is 428. The maximum absolute atomic E-state index is 12.9. The summed E-state index contributed by atoms with van der Waals surface area (Å²) in [7, 11) is 0. The van der Waals surface area contributed by atoms with E-state index in [-0.39, 0.29) is 17.9 Å². The van der Waals surface area contributed by atoms with Crippen LogP contribution in [0.4, 0.5) is 0 Å². The van der Waals surface area contributed by atoms with Gasteiger partial charge >= 0.3 is 0 Å². The quantitative estimate of drug-likeness (QED) is 0.793. The second-order valence-corrected chi connectivity index (χ2v) is 7.58. The van der Waals surface area contributed by atoms with Gasteiger partial charge in [-0.3, -0.25) is 9.59 Å². The molecule has 136 valence electrons. The van der Waals surface area contributed by atoms with E-state index in [1.165, 1.54) is 32.1 Å². The summed E-state index contributed by atoms with van der Waals surface area (Å²) in [6, 6.07) is -0.226. The Hall–Kier alpha value is -1.10. The van der Waals surface area contributed by atoms with Gasteiger partial charge in [-0.25, -0.2) is 0 Å². The summed E-state index contributed by atoms with van der Waals surface area (Å²) in [6.07, 6.45) is 11.1. The van der Waals surface area contributed by atoms with Gasteiger partial charge in [-0.1, -0.05) is 32.1 Å². The number of carbonyl (C=O) groups is 2.